The second kappa shape index (κ2) is 3.94. The fourth-order valence-electron chi connectivity index (χ4n) is 2.04. The molecule has 6 nitrogen and oxygen atoms in total. The standard InChI is InChI=1S/C13H10N2O4/c1-7-12(17)15(13(18)14-7)9-4-2-8-3-5-11(16)19-10(8)6-9/h2-7H,1H3,(H,14,18)/t7-/m1/s1. The Hall–Kier alpha value is -2.63. The zero-order valence-corrected chi connectivity index (χ0v) is 10.0. The third-order valence-electron chi connectivity index (χ3n) is 3.00. The Balaban J connectivity index is 2.13. The molecule has 1 aromatic heterocycles. The number of fused-ring (bicyclic) bond motifs is 1. The normalized spacial score (nSPS) is 19.0. The van der Waals surface area contributed by atoms with Gasteiger partial charge in [-0.25, -0.2) is 14.5 Å². The van der Waals surface area contributed by atoms with Crippen LogP contribution in [0.15, 0.2) is 39.5 Å². The lowest BCUT2D eigenvalue weighted by Gasteiger charge is -2.12. The highest BCUT2D eigenvalue weighted by atomic mass is 16.4. The first kappa shape index (κ1) is 11.5. The maximum Gasteiger partial charge on any atom is 0.336 e. The van der Waals surface area contributed by atoms with Gasteiger partial charge in [0.25, 0.3) is 5.91 Å². The molecule has 6 heteroatoms. The van der Waals surface area contributed by atoms with Crippen molar-refractivity contribution in [2.75, 3.05) is 4.90 Å². The van der Waals surface area contributed by atoms with Crippen molar-refractivity contribution in [3.63, 3.8) is 0 Å². The SMILES string of the molecule is C[C@H]1NC(=O)N(c2ccc3ccc(=O)oc3c2)C1=O. The number of hydrogen-bond donors (Lipinski definition) is 1. The van der Waals surface area contributed by atoms with Gasteiger partial charge >= 0.3 is 11.7 Å². The molecule has 1 saturated heterocycles. The minimum atomic E-state index is -0.550. The van der Waals surface area contributed by atoms with Crippen LogP contribution in [0.2, 0.25) is 0 Å². The average Bonchev–Trinajstić information content (AvgIpc) is 2.62. The van der Waals surface area contributed by atoms with Crippen LogP contribution in [0.25, 0.3) is 11.0 Å². The largest absolute Gasteiger partial charge is 0.423 e. The van der Waals surface area contributed by atoms with Crippen LogP contribution in [0.5, 0.6) is 0 Å². The van der Waals surface area contributed by atoms with E-state index in [1.807, 2.05) is 0 Å². The molecular formula is C13H10N2O4. The topological polar surface area (TPSA) is 79.6 Å². The number of hydrogen-bond acceptors (Lipinski definition) is 4. The average molecular weight is 258 g/mol. The number of imide groups is 1. The van der Waals surface area contributed by atoms with Gasteiger partial charge in [0.05, 0.1) is 5.69 Å². The molecule has 1 aliphatic rings. The number of nitrogens with zero attached hydrogens (tertiary/aromatic N) is 1. The van der Waals surface area contributed by atoms with Gasteiger partial charge in [-0.1, -0.05) is 0 Å². The van der Waals surface area contributed by atoms with Crippen molar-refractivity contribution < 1.29 is 14.0 Å². The van der Waals surface area contributed by atoms with Gasteiger partial charge in [-0.3, -0.25) is 4.79 Å². The number of amides is 3. The molecule has 0 saturated carbocycles. The molecule has 1 N–H and O–H groups in total. The van der Waals surface area contributed by atoms with E-state index in [9.17, 15) is 14.4 Å². The molecule has 3 rings (SSSR count). The van der Waals surface area contributed by atoms with Gasteiger partial charge in [0.1, 0.15) is 11.6 Å². The van der Waals surface area contributed by atoms with E-state index in [1.165, 1.54) is 12.1 Å². The van der Waals surface area contributed by atoms with E-state index in [4.69, 9.17) is 4.42 Å². The fourth-order valence-corrected chi connectivity index (χ4v) is 2.04. The molecule has 1 atom stereocenters. The summed E-state index contributed by atoms with van der Waals surface area (Å²) in [4.78, 5) is 35.8. The smallest absolute Gasteiger partial charge is 0.336 e. The third-order valence-corrected chi connectivity index (χ3v) is 3.00. The Labute approximate surface area is 107 Å². The molecule has 0 radical (unpaired) electrons. The van der Waals surface area contributed by atoms with E-state index >= 15 is 0 Å². The lowest BCUT2D eigenvalue weighted by Crippen LogP contribution is -2.30. The highest BCUT2D eigenvalue weighted by molar-refractivity contribution is 6.21. The van der Waals surface area contributed by atoms with Crippen LogP contribution in [-0.2, 0) is 4.79 Å². The Morgan fingerprint density at radius 1 is 1.16 bits per heavy atom. The monoisotopic (exact) mass is 258 g/mol. The lowest BCUT2D eigenvalue weighted by molar-refractivity contribution is -0.117. The van der Waals surface area contributed by atoms with Gasteiger partial charge in [-0.05, 0) is 25.1 Å². The van der Waals surface area contributed by atoms with Crippen LogP contribution in [-0.4, -0.2) is 18.0 Å². The Kier molecular flexibility index (Phi) is 2.38. The molecule has 1 fully saturated rings. The number of benzene rings is 1. The molecule has 0 spiro atoms. The number of carbonyl (C=O) groups excluding carboxylic acids is 2. The van der Waals surface area contributed by atoms with Crippen LogP contribution in [0, 0.1) is 0 Å². The van der Waals surface area contributed by atoms with Gasteiger partial charge < -0.3 is 9.73 Å². The van der Waals surface area contributed by atoms with Crippen LogP contribution < -0.4 is 15.8 Å². The summed E-state index contributed by atoms with van der Waals surface area (Å²) in [5.74, 6) is -0.331. The summed E-state index contributed by atoms with van der Waals surface area (Å²) in [6, 6.07) is 6.75. The van der Waals surface area contributed by atoms with Crippen LogP contribution in [0.3, 0.4) is 0 Å². The van der Waals surface area contributed by atoms with Gasteiger partial charge in [-0.15, -0.1) is 0 Å². The number of anilines is 1. The van der Waals surface area contributed by atoms with E-state index in [0.717, 1.165) is 10.3 Å². The van der Waals surface area contributed by atoms with E-state index in [1.54, 1.807) is 25.1 Å². The second-order valence-electron chi connectivity index (χ2n) is 4.32. The summed E-state index contributed by atoms with van der Waals surface area (Å²) in [5.41, 5.74) is 0.245. The zero-order valence-electron chi connectivity index (χ0n) is 10.0. The lowest BCUT2D eigenvalue weighted by atomic mass is 10.2. The summed E-state index contributed by atoms with van der Waals surface area (Å²) in [7, 11) is 0. The maximum absolute atomic E-state index is 11.9. The Bertz CT molecular complexity index is 750. The third kappa shape index (κ3) is 1.77. The summed E-state index contributed by atoms with van der Waals surface area (Å²) >= 11 is 0. The van der Waals surface area contributed by atoms with E-state index in [-0.39, 0.29) is 5.91 Å². The number of urea groups is 1. The highest BCUT2D eigenvalue weighted by Crippen LogP contribution is 2.24. The van der Waals surface area contributed by atoms with Crippen molar-refractivity contribution >= 4 is 28.6 Å². The minimum Gasteiger partial charge on any atom is -0.423 e. The van der Waals surface area contributed by atoms with Crippen molar-refractivity contribution in [2.45, 2.75) is 13.0 Å². The second-order valence-corrected chi connectivity index (χ2v) is 4.32. The number of rotatable bonds is 1. The zero-order chi connectivity index (χ0) is 13.6. The summed E-state index contributed by atoms with van der Waals surface area (Å²) in [5, 5.41) is 3.25. The fraction of sp³-hybridized carbons (Fsp3) is 0.154. The quantitative estimate of drug-likeness (QED) is 0.616. The van der Waals surface area contributed by atoms with Gasteiger partial charge in [0.2, 0.25) is 0 Å². The maximum atomic E-state index is 11.9. The van der Waals surface area contributed by atoms with E-state index < -0.39 is 17.7 Å². The molecule has 2 heterocycles. The number of carbonyl (C=O) groups is 2. The predicted octanol–water partition coefficient (Wildman–Crippen LogP) is 1.24. The first-order valence-electron chi connectivity index (χ1n) is 5.74. The molecule has 19 heavy (non-hydrogen) atoms. The van der Waals surface area contributed by atoms with Crippen molar-refractivity contribution in [3.05, 3.63) is 40.8 Å². The van der Waals surface area contributed by atoms with Crippen molar-refractivity contribution in [1.82, 2.24) is 5.32 Å². The van der Waals surface area contributed by atoms with Crippen molar-refractivity contribution in [1.29, 1.82) is 0 Å². The minimum absolute atomic E-state index is 0.331. The first-order valence-corrected chi connectivity index (χ1v) is 5.74. The molecule has 0 aliphatic carbocycles. The van der Waals surface area contributed by atoms with Crippen LogP contribution in [0.1, 0.15) is 6.92 Å². The molecule has 0 bridgehead atoms. The molecule has 96 valence electrons. The molecule has 2 aromatic rings. The molecule has 1 aromatic carbocycles. The van der Waals surface area contributed by atoms with Crippen molar-refractivity contribution in [2.24, 2.45) is 0 Å². The van der Waals surface area contributed by atoms with Crippen molar-refractivity contribution in [3.8, 4) is 0 Å². The van der Waals surface area contributed by atoms with Gasteiger partial charge in [-0.2, -0.15) is 0 Å². The molecule has 1 aliphatic heterocycles. The molecule has 3 amide bonds. The van der Waals surface area contributed by atoms with Gasteiger partial charge in [0, 0.05) is 17.5 Å². The first-order chi connectivity index (χ1) is 9.06. The van der Waals surface area contributed by atoms with E-state index in [2.05, 4.69) is 5.32 Å². The molecular weight excluding hydrogens is 248 g/mol. The van der Waals surface area contributed by atoms with Crippen LogP contribution in [0.4, 0.5) is 10.5 Å². The van der Waals surface area contributed by atoms with Crippen LogP contribution >= 0.6 is 0 Å². The summed E-state index contributed by atoms with van der Waals surface area (Å²) in [6.07, 6.45) is 0. The number of nitrogens with one attached hydrogen (secondary N) is 1. The summed E-state index contributed by atoms with van der Waals surface area (Å²) in [6.45, 7) is 1.61. The summed E-state index contributed by atoms with van der Waals surface area (Å²) < 4.78 is 5.03. The Morgan fingerprint density at radius 3 is 2.58 bits per heavy atom. The predicted molar refractivity (Wildman–Crippen MR) is 68.0 cm³/mol. The highest BCUT2D eigenvalue weighted by Gasteiger charge is 2.36. The van der Waals surface area contributed by atoms with E-state index in [0.29, 0.717) is 11.3 Å². The van der Waals surface area contributed by atoms with Gasteiger partial charge in [0.15, 0.2) is 0 Å². The molecule has 0 unspecified atom stereocenters. The Morgan fingerprint density at radius 2 is 1.89 bits per heavy atom.